The first-order valence-electron chi connectivity index (χ1n) is 10.7. The Hall–Kier alpha value is -2.38. The Morgan fingerprint density at radius 3 is 2.45 bits per heavy atom. The van der Waals surface area contributed by atoms with E-state index < -0.39 is 23.3 Å². The number of fused-ring (bicyclic) bond motifs is 1. The lowest BCUT2D eigenvalue weighted by Crippen LogP contribution is -2.35. The molecule has 1 unspecified atom stereocenters. The summed E-state index contributed by atoms with van der Waals surface area (Å²) in [4.78, 5) is 22.7. The second-order valence-corrected chi connectivity index (χ2v) is 9.12. The van der Waals surface area contributed by atoms with Crippen LogP contribution in [0.15, 0.2) is 30.3 Å². The molecule has 1 aromatic rings. The first-order chi connectivity index (χ1) is 14.5. The van der Waals surface area contributed by atoms with Crippen molar-refractivity contribution >= 4 is 17.6 Å². The molecule has 31 heavy (non-hydrogen) atoms. The number of ether oxygens (including phenoxy) is 3. The summed E-state index contributed by atoms with van der Waals surface area (Å²) >= 11 is 0. The minimum Gasteiger partial charge on any atom is -0.480 e. The molecule has 1 aromatic carbocycles. The largest absolute Gasteiger partial charge is 0.480 e. The Bertz CT molecular complexity index is 799. The Labute approximate surface area is 184 Å². The molecule has 1 aliphatic rings. The van der Waals surface area contributed by atoms with Crippen molar-refractivity contribution in [3.63, 3.8) is 0 Å². The third kappa shape index (κ3) is 8.34. The molecule has 7 nitrogen and oxygen atoms in total. The zero-order chi connectivity index (χ0) is 23.1. The second-order valence-electron chi connectivity index (χ2n) is 9.12. The van der Waals surface area contributed by atoms with E-state index in [2.05, 4.69) is 30.4 Å². The minimum absolute atomic E-state index is 0.0911. The lowest BCUT2D eigenvalue weighted by molar-refractivity contribution is -0.150. The van der Waals surface area contributed by atoms with Gasteiger partial charge in [0.15, 0.2) is 0 Å². The van der Waals surface area contributed by atoms with E-state index in [-0.39, 0.29) is 12.5 Å². The molecule has 1 aliphatic carbocycles. The predicted octanol–water partition coefficient (Wildman–Crippen LogP) is 4.37. The topological polar surface area (TPSA) is 94.1 Å². The molecule has 0 saturated carbocycles. The first kappa shape index (κ1) is 24.9. The van der Waals surface area contributed by atoms with Crippen LogP contribution in [-0.2, 0) is 19.0 Å². The van der Waals surface area contributed by atoms with Crippen LogP contribution in [0.3, 0.4) is 0 Å². The Morgan fingerprint density at radius 1 is 1.06 bits per heavy atom. The van der Waals surface area contributed by atoms with Crippen LogP contribution in [0, 0.1) is 0 Å². The van der Waals surface area contributed by atoms with Gasteiger partial charge in [-0.1, -0.05) is 30.3 Å². The van der Waals surface area contributed by atoms with Gasteiger partial charge in [0, 0.05) is 12.5 Å². The summed E-state index contributed by atoms with van der Waals surface area (Å²) in [5.41, 5.74) is 2.59. The van der Waals surface area contributed by atoms with Crippen molar-refractivity contribution in [2.24, 2.45) is 0 Å². The molecule has 1 amide bonds. The summed E-state index contributed by atoms with van der Waals surface area (Å²) in [5, 5.41) is 11.5. The number of amides is 1. The number of aliphatic carboxylic acids is 1. The zero-order valence-corrected chi connectivity index (χ0v) is 19.2. The van der Waals surface area contributed by atoms with Gasteiger partial charge in [-0.05, 0) is 64.2 Å². The molecule has 2 N–H and O–H groups in total. The van der Waals surface area contributed by atoms with Crippen molar-refractivity contribution in [2.75, 3.05) is 26.4 Å². The molecule has 0 radical (unpaired) electrons. The number of benzene rings is 1. The standard InChI is InChI=1S/C24H35NO6/c1-17-14-18(20-9-7-6-8-19(17)20)15-29-22(28)25-12-10-23(2,3)30-13-11-24(4,5)31-16-21(26)27/h6-9,14,18H,10-13,15-16H2,1-5H3,(H,25,28)(H,26,27). The van der Waals surface area contributed by atoms with E-state index in [1.807, 2.05) is 39.8 Å². The van der Waals surface area contributed by atoms with E-state index >= 15 is 0 Å². The molecule has 0 fully saturated rings. The monoisotopic (exact) mass is 433 g/mol. The van der Waals surface area contributed by atoms with Gasteiger partial charge in [-0.15, -0.1) is 0 Å². The van der Waals surface area contributed by atoms with Crippen molar-refractivity contribution in [1.29, 1.82) is 0 Å². The lowest BCUT2D eigenvalue weighted by atomic mass is 10.0. The van der Waals surface area contributed by atoms with E-state index in [1.165, 1.54) is 16.7 Å². The number of alkyl carbamates (subject to hydrolysis) is 1. The van der Waals surface area contributed by atoms with Gasteiger partial charge in [0.25, 0.3) is 0 Å². The Kier molecular flexibility index (Phi) is 8.65. The molecule has 172 valence electrons. The third-order valence-electron chi connectivity index (χ3n) is 5.41. The van der Waals surface area contributed by atoms with Crippen molar-refractivity contribution in [3.8, 4) is 0 Å². The Balaban J connectivity index is 1.65. The molecule has 0 bridgehead atoms. The zero-order valence-electron chi connectivity index (χ0n) is 19.2. The highest BCUT2D eigenvalue weighted by atomic mass is 16.5. The molecular weight excluding hydrogens is 398 g/mol. The van der Waals surface area contributed by atoms with E-state index in [1.54, 1.807) is 0 Å². The number of allylic oxidation sites excluding steroid dienone is 1. The van der Waals surface area contributed by atoms with E-state index in [0.717, 1.165) is 0 Å². The number of nitrogens with one attached hydrogen (secondary N) is 1. The fourth-order valence-corrected chi connectivity index (χ4v) is 3.46. The van der Waals surface area contributed by atoms with Crippen molar-refractivity contribution in [3.05, 3.63) is 41.5 Å². The molecular formula is C24H35NO6. The highest BCUT2D eigenvalue weighted by Crippen LogP contribution is 2.35. The van der Waals surface area contributed by atoms with Gasteiger partial charge in [0.2, 0.25) is 0 Å². The van der Waals surface area contributed by atoms with Crippen LogP contribution >= 0.6 is 0 Å². The highest BCUT2D eigenvalue weighted by Gasteiger charge is 2.24. The summed E-state index contributed by atoms with van der Waals surface area (Å²) in [7, 11) is 0. The summed E-state index contributed by atoms with van der Waals surface area (Å²) in [6, 6.07) is 8.17. The molecule has 0 heterocycles. The number of hydrogen-bond donors (Lipinski definition) is 2. The summed E-state index contributed by atoms with van der Waals surface area (Å²) in [6.45, 7) is 10.5. The van der Waals surface area contributed by atoms with Crippen LogP contribution in [0.1, 0.15) is 64.5 Å². The minimum atomic E-state index is -0.990. The van der Waals surface area contributed by atoms with E-state index in [0.29, 0.717) is 32.6 Å². The maximum Gasteiger partial charge on any atom is 0.407 e. The number of rotatable bonds is 12. The smallest absolute Gasteiger partial charge is 0.407 e. The average molecular weight is 434 g/mol. The number of carbonyl (C=O) groups is 2. The molecule has 1 atom stereocenters. The number of carboxylic acids is 1. The van der Waals surface area contributed by atoms with Gasteiger partial charge in [-0.2, -0.15) is 0 Å². The summed E-state index contributed by atoms with van der Waals surface area (Å²) in [5.74, 6) is -0.899. The van der Waals surface area contributed by atoms with Crippen LogP contribution in [0.25, 0.3) is 5.57 Å². The van der Waals surface area contributed by atoms with Crippen LogP contribution in [0.5, 0.6) is 0 Å². The summed E-state index contributed by atoms with van der Waals surface area (Å²) < 4.78 is 16.7. The molecule has 0 aromatic heterocycles. The molecule has 7 heteroatoms. The van der Waals surface area contributed by atoms with Crippen molar-refractivity contribution in [2.45, 2.75) is 64.6 Å². The van der Waals surface area contributed by atoms with Crippen LogP contribution < -0.4 is 5.32 Å². The van der Waals surface area contributed by atoms with Crippen LogP contribution in [0.2, 0.25) is 0 Å². The number of carbonyl (C=O) groups excluding carboxylic acids is 1. The lowest BCUT2D eigenvalue weighted by Gasteiger charge is -2.29. The highest BCUT2D eigenvalue weighted by molar-refractivity contribution is 5.73. The maximum absolute atomic E-state index is 12.1. The van der Waals surface area contributed by atoms with Crippen molar-refractivity contribution in [1.82, 2.24) is 5.32 Å². The molecule has 0 aliphatic heterocycles. The molecule has 0 spiro atoms. The fraction of sp³-hybridized carbons (Fsp3) is 0.583. The van der Waals surface area contributed by atoms with Crippen LogP contribution in [0.4, 0.5) is 4.79 Å². The number of hydrogen-bond acceptors (Lipinski definition) is 5. The Morgan fingerprint density at radius 2 is 1.74 bits per heavy atom. The SMILES string of the molecule is CC1=CC(COC(=O)NCCC(C)(C)OCCC(C)(C)OCC(=O)O)c2ccccc21. The first-order valence-corrected chi connectivity index (χ1v) is 10.7. The van der Waals surface area contributed by atoms with E-state index in [4.69, 9.17) is 19.3 Å². The second kappa shape index (κ2) is 10.8. The van der Waals surface area contributed by atoms with Gasteiger partial charge < -0.3 is 24.6 Å². The molecule has 2 rings (SSSR count). The predicted molar refractivity (Wildman–Crippen MR) is 119 cm³/mol. The van der Waals surface area contributed by atoms with Crippen LogP contribution in [-0.4, -0.2) is 54.7 Å². The third-order valence-corrected chi connectivity index (χ3v) is 5.41. The maximum atomic E-state index is 12.1. The van der Waals surface area contributed by atoms with Gasteiger partial charge in [0.1, 0.15) is 13.2 Å². The van der Waals surface area contributed by atoms with Gasteiger partial charge in [-0.3, -0.25) is 0 Å². The van der Waals surface area contributed by atoms with Gasteiger partial charge >= 0.3 is 12.1 Å². The number of carboxylic acid groups (broad SMARTS) is 1. The average Bonchev–Trinajstić information content (AvgIpc) is 3.00. The normalized spacial score (nSPS) is 15.9. The quantitative estimate of drug-likeness (QED) is 0.508. The fourth-order valence-electron chi connectivity index (χ4n) is 3.46. The molecule has 0 saturated heterocycles. The summed E-state index contributed by atoms with van der Waals surface area (Å²) in [6.07, 6.45) is 2.88. The van der Waals surface area contributed by atoms with E-state index in [9.17, 15) is 9.59 Å². The van der Waals surface area contributed by atoms with Gasteiger partial charge in [0.05, 0.1) is 17.8 Å². The van der Waals surface area contributed by atoms with Gasteiger partial charge in [-0.25, -0.2) is 9.59 Å². The van der Waals surface area contributed by atoms with Crippen molar-refractivity contribution < 1.29 is 28.9 Å².